The fourth-order valence-corrected chi connectivity index (χ4v) is 8.23. The normalized spacial score (nSPS) is 21.6. The van der Waals surface area contributed by atoms with Crippen molar-refractivity contribution in [1.82, 2.24) is 19.8 Å². The Morgan fingerprint density at radius 2 is 1.72 bits per heavy atom. The van der Waals surface area contributed by atoms with Crippen LogP contribution in [0.25, 0.3) is 11.0 Å². The Bertz CT molecular complexity index is 1980. The van der Waals surface area contributed by atoms with E-state index in [1.165, 1.54) is 12.1 Å². The number of piperidine rings is 2. The smallest absolute Gasteiger partial charge is 0.396 e. The number of halogens is 3. The molecule has 1 unspecified atom stereocenters. The fraction of sp³-hybridized carbons (Fsp3) is 0.450. The topological polar surface area (TPSA) is 120 Å². The lowest BCUT2D eigenvalue weighted by Crippen LogP contribution is -2.43. The Labute approximate surface area is 306 Å². The van der Waals surface area contributed by atoms with Crippen molar-refractivity contribution in [2.45, 2.75) is 82.1 Å². The third-order valence-electron chi connectivity index (χ3n) is 11.3. The second-order valence-corrected chi connectivity index (χ2v) is 14.8. The molecule has 2 saturated heterocycles. The van der Waals surface area contributed by atoms with E-state index in [1.807, 2.05) is 28.8 Å². The summed E-state index contributed by atoms with van der Waals surface area (Å²) < 4.78 is 42.3. The van der Waals surface area contributed by atoms with E-state index in [4.69, 9.17) is 4.98 Å². The number of imidazole rings is 1. The number of amides is 3. The predicted octanol–water partition coefficient (Wildman–Crippen LogP) is 6.65. The first-order valence-electron chi connectivity index (χ1n) is 18.5. The number of benzene rings is 3. The van der Waals surface area contributed by atoms with Gasteiger partial charge in [0, 0.05) is 56.0 Å². The second-order valence-electron chi connectivity index (χ2n) is 14.8. The average molecular weight is 731 g/mol. The van der Waals surface area contributed by atoms with Gasteiger partial charge in [0.1, 0.15) is 0 Å². The molecule has 1 aromatic heterocycles. The van der Waals surface area contributed by atoms with E-state index in [-0.39, 0.29) is 41.9 Å². The summed E-state index contributed by atoms with van der Waals surface area (Å²) in [7, 11) is 2.13. The molecule has 3 aromatic carbocycles. The first-order chi connectivity index (χ1) is 25.5. The first kappa shape index (κ1) is 36.6. The van der Waals surface area contributed by atoms with E-state index in [2.05, 4.69) is 45.7 Å². The highest BCUT2D eigenvalue weighted by Gasteiger charge is 2.32. The molecule has 4 aromatic rings. The highest BCUT2D eigenvalue weighted by molar-refractivity contribution is 6.04. The van der Waals surface area contributed by atoms with Gasteiger partial charge in [-0.3, -0.25) is 29.9 Å². The number of carbonyl (C=O) groups excluding carboxylic acids is 3. The van der Waals surface area contributed by atoms with Crippen molar-refractivity contribution < 1.29 is 32.7 Å². The van der Waals surface area contributed by atoms with Gasteiger partial charge in [-0.15, -0.1) is 0 Å². The Balaban J connectivity index is 1.06. The standard InChI is InChI=1S/C40H45F3N6O4/c1-47(23-26-4-2-5-27(20-26)33-13-15-36(51)45-38(33)53)30-16-18-48(19-17-30)32-12-14-34-35(22-32)49(31-10-8-25(24-50)9-11-31)39(44-34)46-37(52)28-6-3-7-29(21-28)40(41,42)43/h2-7,12,14,20-22,25,30-31,33,50H,8-11,13,15-19,23-24H2,1H3,(H,44,46,52)(H,45,51,53). The minimum absolute atomic E-state index is 0.00253. The molecule has 0 spiro atoms. The zero-order chi connectivity index (χ0) is 37.3. The molecule has 1 aliphatic carbocycles. The second kappa shape index (κ2) is 15.3. The molecule has 3 fully saturated rings. The summed E-state index contributed by atoms with van der Waals surface area (Å²) in [5.74, 6) is -0.905. The van der Waals surface area contributed by atoms with Crippen LogP contribution in [-0.2, 0) is 22.3 Å². The maximum atomic E-state index is 13.4. The molecule has 53 heavy (non-hydrogen) atoms. The van der Waals surface area contributed by atoms with Gasteiger partial charge >= 0.3 is 6.18 Å². The van der Waals surface area contributed by atoms with Gasteiger partial charge in [-0.05, 0) is 105 Å². The number of nitrogens with zero attached hydrogens (tertiary/aromatic N) is 4. The molecule has 280 valence electrons. The van der Waals surface area contributed by atoms with Gasteiger partial charge in [-0.1, -0.05) is 30.3 Å². The van der Waals surface area contributed by atoms with E-state index in [9.17, 15) is 32.7 Å². The quantitative estimate of drug-likeness (QED) is 0.165. The Hall–Kier alpha value is -4.75. The molecule has 10 nitrogen and oxygen atoms in total. The van der Waals surface area contributed by atoms with Gasteiger partial charge in [0.15, 0.2) is 0 Å². The SMILES string of the molecule is CN(Cc1cccc(C2CCC(=O)NC2=O)c1)C1CCN(c2ccc3nc(NC(=O)c4cccc(C(F)(F)F)c4)n(C4CCC(CO)CC4)c3c2)CC1. The molecule has 3 N–H and O–H groups in total. The molecule has 7 rings (SSSR count). The monoisotopic (exact) mass is 730 g/mol. The van der Waals surface area contributed by atoms with Gasteiger partial charge in [-0.25, -0.2) is 4.98 Å². The fourth-order valence-electron chi connectivity index (χ4n) is 8.23. The van der Waals surface area contributed by atoms with E-state index >= 15 is 0 Å². The summed E-state index contributed by atoms with van der Waals surface area (Å²) in [4.78, 5) is 46.9. The molecule has 3 amide bonds. The van der Waals surface area contributed by atoms with Crippen LogP contribution in [0.15, 0.2) is 66.7 Å². The minimum atomic E-state index is -4.57. The lowest BCUT2D eigenvalue weighted by atomic mass is 9.86. The Kier molecular flexibility index (Phi) is 10.6. The first-order valence-corrected chi connectivity index (χ1v) is 18.5. The van der Waals surface area contributed by atoms with Crippen LogP contribution in [0.3, 0.4) is 0 Å². The van der Waals surface area contributed by atoms with E-state index in [0.717, 1.165) is 92.6 Å². The van der Waals surface area contributed by atoms with Crippen LogP contribution in [0.1, 0.15) is 90.4 Å². The number of aliphatic hydroxyl groups excluding tert-OH is 1. The maximum absolute atomic E-state index is 13.4. The van der Waals surface area contributed by atoms with Gasteiger partial charge < -0.3 is 14.6 Å². The van der Waals surface area contributed by atoms with Crippen molar-refractivity contribution >= 4 is 40.4 Å². The van der Waals surface area contributed by atoms with Crippen molar-refractivity contribution in [2.75, 3.05) is 37.0 Å². The van der Waals surface area contributed by atoms with Crippen molar-refractivity contribution in [3.63, 3.8) is 0 Å². The summed E-state index contributed by atoms with van der Waals surface area (Å²) in [6.07, 6.45) is 1.40. The van der Waals surface area contributed by atoms with Crippen LogP contribution < -0.4 is 15.5 Å². The number of aromatic nitrogens is 2. The maximum Gasteiger partial charge on any atom is 0.416 e. The van der Waals surface area contributed by atoms with E-state index < -0.39 is 17.6 Å². The van der Waals surface area contributed by atoms with Gasteiger partial charge in [0.2, 0.25) is 17.8 Å². The number of anilines is 2. The zero-order valence-electron chi connectivity index (χ0n) is 29.7. The van der Waals surface area contributed by atoms with Gasteiger partial charge in [0.05, 0.1) is 22.5 Å². The Morgan fingerprint density at radius 1 is 0.962 bits per heavy atom. The molecule has 3 aliphatic rings. The van der Waals surface area contributed by atoms with Crippen molar-refractivity contribution in [3.05, 3.63) is 89.0 Å². The number of fused-ring (bicyclic) bond motifs is 1. The van der Waals surface area contributed by atoms with Crippen molar-refractivity contribution in [2.24, 2.45) is 5.92 Å². The van der Waals surface area contributed by atoms with Crippen molar-refractivity contribution in [3.8, 4) is 0 Å². The number of hydrogen-bond donors (Lipinski definition) is 3. The predicted molar refractivity (Wildman–Crippen MR) is 195 cm³/mol. The molecular weight excluding hydrogens is 685 g/mol. The number of alkyl halides is 3. The average Bonchev–Trinajstić information content (AvgIpc) is 3.51. The lowest BCUT2D eigenvalue weighted by Gasteiger charge is -2.38. The summed E-state index contributed by atoms with van der Waals surface area (Å²) in [5.41, 5.74) is 3.65. The van der Waals surface area contributed by atoms with Crippen molar-refractivity contribution in [1.29, 1.82) is 0 Å². The third kappa shape index (κ3) is 8.11. The lowest BCUT2D eigenvalue weighted by molar-refractivity contribution is -0.138. The van der Waals surface area contributed by atoms with Crippen LogP contribution >= 0.6 is 0 Å². The number of carbonyl (C=O) groups is 3. The van der Waals surface area contributed by atoms with Crippen LogP contribution in [-0.4, -0.2) is 70.1 Å². The largest absolute Gasteiger partial charge is 0.416 e. The highest BCUT2D eigenvalue weighted by atomic mass is 19.4. The number of hydrogen-bond acceptors (Lipinski definition) is 7. The summed E-state index contributed by atoms with van der Waals surface area (Å²) in [6.45, 7) is 2.54. The molecule has 0 radical (unpaired) electrons. The molecule has 13 heteroatoms. The molecule has 1 saturated carbocycles. The number of nitrogens with one attached hydrogen (secondary N) is 2. The third-order valence-corrected chi connectivity index (χ3v) is 11.3. The summed E-state index contributed by atoms with van der Waals surface area (Å²) in [6, 6.07) is 18.9. The van der Waals surface area contributed by atoms with Crippen LogP contribution in [0.5, 0.6) is 0 Å². The van der Waals surface area contributed by atoms with Gasteiger partial charge in [0.25, 0.3) is 5.91 Å². The van der Waals surface area contributed by atoms with E-state index in [1.54, 1.807) is 0 Å². The van der Waals surface area contributed by atoms with Crippen LogP contribution in [0.4, 0.5) is 24.8 Å². The van der Waals surface area contributed by atoms with Crippen LogP contribution in [0.2, 0.25) is 0 Å². The number of imide groups is 1. The molecule has 3 heterocycles. The number of rotatable bonds is 9. The summed E-state index contributed by atoms with van der Waals surface area (Å²) >= 11 is 0. The minimum Gasteiger partial charge on any atom is -0.396 e. The molecular formula is C40H45F3N6O4. The highest BCUT2D eigenvalue weighted by Crippen LogP contribution is 2.38. The van der Waals surface area contributed by atoms with Crippen LogP contribution in [0, 0.1) is 5.92 Å². The summed E-state index contributed by atoms with van der Waals surface area (Å²) in [5, 5.41) is 15.0. The number of aliphatic hydroxyl groups is 1. The van der Waals surface area contributed by atoms with Gasteiger partial charge in [-0.2, -0.15) is 13.2 Å². The zero-order valence-corrected chi connectivity index (χ0v) is 29.7. The molecule has 2 aliphatic heterocycles. The Morgan fingerprint density at radius 3 is 2.43 bits per heavy atom. The molecule has 0 bridgehead atoms. The van der Waals surface area contributed by atoms with E-state index in [0.29, 0.717) is 30.3 Å². The molecule has 1 atom stereocenters.